The number of nitrogens with two attached hydrogens (primary N) is 1. The molecule has 2 atom stereocenters. The number of carbonyl (C=O) groups excluding carboxylic acids is 2. The first kappa shape index (κ1) is 19.1. The Morgan fingerprint density at radius 1 is 1.11 bits per heavy atom. The van der Waals surface area contributed by atoms with Crippen LogP contribution in [0.15, 0.2) is 54.6 Å². The molecule has 1 saturated carbocycles. The molecule has 0 radical (unpaired) electrons. The van der Waals surface area contributed by atoms with Crippen molar-refractivity contribution in [2.24, 2.45) is 17.6 Å². The molecule has 1 aliphatic rings. The quantitative estimate of drug-likeness (QED) is 0.703. The Morgan fingerprint density at radius 3 is 2.52 bits per heavy atom. The van der Waals surface area contributed by atoms with Crippen LogP contribution in [0.3, 0.4) is 0 Å². The maximum atomic E-state index is 12.5. The van der Waals surface area contributed by atoms with Crippen molar-refractivity contribution in [3.63, 3.8) is 0 Å². The summed E-state index contributed by atoms with van der Waals surface area (Å²) in [7, 11) is 0. The normalized spacial score (nSPS) is 16.1. The van der Waals surface area contributed by atoms with Crippen molar-refractivity contribution < 1.29 is 9.59 Å². The molecule has 5 nitrogen and oxygen atoms in total. The fourth-order valence-corrected chi connectivity index (χ4v) is 3.15. The van der Waals surface area contributed by atoms with Gasteiger partial charge in [0.1, 0.15) is 0 Å². The zero-order valence-electron chi connectivity index (χ0n) is 15.7. The maximum absolute atomic E-state index is 12.5. The highest BCUT2D eigenvalue weighted by molar-refractivity contribution is 5.93. The first-order valence-electron chi connectivity index (χ1n) is 9.52. The summed E-state index contributed by atoms with van der Waals surface area (Å²) in [6.07, 6.45) is 3.08. The minimum atomic E-state index is -0.348. The second-order valence-electron chi connectivity index (χ2n) is 7.26. The Balaban J connectivity index is 1.53. The molecule has 0 spiro atoms. The van der Waals surface area contributed by atoms with Crippen LogP contribution in [0.2, 0.25) is 0 Å². The number of amides is 2. The predicted octanol–water partition coefficient (Wildman–Crippen LogP) is 3.38. The summed E-state index contributed by atoms with van der Waals surface area (Å²) in [6, 6.07) is 16.9. The van der Waals surface area contributed by atoms with Crippen LogP contribution in [0, 0.1) is 11.8 Å². The Morgan fingerprint density at radius 2 is 1.85 bits per heavy atom. The Kier molecular flexibility index (Phi) is 6.24. The van der Waals surface area contributed by atoms with Crippen molar-refractivity contribution >= 4 is 17.5 Å². The number of benzene rings is 2. The lowest BCUT2D eigenvalue weighted by molar-refractivity contribution is -0.125. The monoisotopic (exact) mass is 365 g/mol. The number of hydrogen-bond acceptors (Lipinski definition) is 3. The van der Waals surface area contributed by atoms with Gasteiger partial charge in [0.25, 0.3) is 0 Å². The standard InChI is InChI=1S/C22H27N3O2/c1-15(20(23)17-8-3-2-4-9-17)21(26)24-14-16-7-5-12-19(13-16)25-22(27)18-10-6-11-18/h2-5,7-9,12-13,15,18,20H,6,10-11,14,23H2,1H3,(H,24,26)(H,25,27). The topological polar surface area (TPSA) is 84.2 Å². The molecule has 1 fully saturated rings. The van der Waals surface area contributed by atoms with E-state index in [1.165, 1.54) is 0 Å². The molecule has 27 heavy (non-hydrogen) atoms. The first-order chi connectivity index (χ1) is 13.0. The molecule has 0 heterocycles. The molecule has 3 rings (SSSR count). The Bertz CT molecular complexity index is 787. The molecule has 2 aromatic carbocycles. The van der Waals surface area contributed by atoms with E-state index in [4.69, 9.17) is 5.73 Å². The number of carbonyl (C=O) groups is 2. The van der Waals surface area contributed by atoms with E-state index in [9.17, 15) is 9.59 Å². The molecule has 142 valence electrons. The maximum Gasteiger partial charge on any atom is 0.227 e. The van der Waals surface area contributed by atoms with Gasteiger partial charge >= 0.3 is 0 Å². The molecular weight excluding hydrogens is 338 g/mol. The van der Waals surface area contributed by atoms with Gasteiger partial charge in [-0.05, 0) is 36.1 Å². The van der Waals surface area contributed by atoms with Gasteiger partial charge in [-0.2, -0.15) is 0 Å². The van der Waals surface area contributed by atoms with Crippen molar-refractivity contribution in [1.29, 1.82) is 0 Å². The zero-order chi connectivity index (χ0) is 19.2. The molecule has 2 aromatic rings. The largest absolute Gasteiger partial charge is 0.352 e. The van der Waals surface area contributed by atoms with E-state index in [1.807, 2.05) is 61.5 Å². The molecule has 5 heteroatoms. The molecule has 0 bridgehead atoms. The van der Waals surface area contributed by atoms with E-state index in [2.05, 4.69) is 10.6 Å². The van der Waals surface area contributed by atoms with Crippen LogP contribution in [0.4, 0.5) is 5.69 Å². The third kappa shape index (κ3) is 4.95. The van der Waals surface area contributed by atoms with E-state index < -0.39 is 0 Å². The van der Waals surface area contributed by atoms with Crippen molar-refractivity contribution in [2.45, 2.75) is 38.8 Å². The molecular formula is C22H27N3O2. The molecule has 2 amide bonds. The van der Waals surface area contributed by atoms with Crippen LogP contribution in [0.1, 0.15) is 43.4 Å². The predicted molar refractivity (Wildman–Crippen MR) is 107 cm³/mol. The van der Waals surface area contributed by atoms with E-state index in [0.29, 0.717) is 6.54 Å². The van der Waals surface area contributed by atoms with E-state index in [1.54, 1.807) is 0 Å². The SMILES string of the molecule is CC(C(=O)NCc1cccc(NC(=O)C2CCC2)c1)C(N)c1ccccc1. The van der Waals surface area contributed by atoms with Crippen LogP contribution in [-0.4, -0.2) is 11.8 Å². The highest BCUT2D eigenvalue weighted by Gasteiger charge is 2.25. The van der Waals surface area contributed by atoms with Gasteiger partial charge in [-0.25, -0.2) is 0 Å². The van der Waals surface area contributed by atoms with Crippen LogP contribution in [0.25, 0.3) is 0 Å². The first-order valence-corrected chi connectivity index (χ1v) is 9.52. The highest BCUT2D eigenvalue weighted by atomic mass is 16.2. The van der Waals surface area contributed by atoms with Crippen LogP contribution < -0.4 is 16.4 Å². The summed E-state index contributed by atoms with van der Waals surface area (Å²) in [6.45, 7) is 2.24. The van der Waals surface area contributed by atoms with Crippen molar-refractivity contribution in [1.82, 2.24) is 5.32 Å². The van der Waals surface area contributed by atoms with Gasteiger partial charge in [-0.1, -0.05) is 55.8 Å². The number of anilines is 1. The molecule has 0 aromatic heterocycles. The molecule has 1 aliphatic carbocycles. The van der Waals surface area contributed by atoms with Crippen molar-refractivity contribution in [3.05, 3.63) is 65.7 Å². The van der Waals surface area contributed by atoms with Gasteiger partial charge in [0.2, 0.25) is 11.8 Å². The Labute approximate surface area is 160 Å². The lowest BCUT2D eigenvalue weighted by Crippen LogP contribution is -2.35. The number of nitrogens with one attached hydrogen (secondary N) is 2. The minimum absolute atomic E-state index is 0.0877. The molecule has 0 saturated heterocycles. The lowest BCUT2D eigenvalue weighted by atomic mass is 9.85. The summed E-state index contributed by atoms with van der Waals surface area (Å²) in [4.78, 5) is 24.5. The molecule has 4 N–H and O–H groups in total. The van der Waals surface area contributed by atoms with Crippen LogP contribution in [-0.2, 0) is 16.1 Å². The minimum Gasteiger partial charge on any atom is -0.352 e. The average Bonchev–Trinajstić information content (AvgIpc) is 2.64. The highest BCUT2D eigenvalue weighted by Crippen LogP contribution is 2.27. The van der Waals surface area contributed by atoms with Crippen molar-refractivity contribution in [2.75, 3.05) is 5.32 Å². The summed E-state index contributed by atoms with van der Waals surface area (Å²) in [5.41, 5.74) is 8.88. The van der Waals surface area contributed by atoms with E-state index in [0.717, 1.165) is 36.1 Å². The molecule has 2 unspecified atom stereocenters. The van der Waals surface area contributed by atoms with Crippen molar-refractivity contribution in [3.8, 4) is 0 Å². The summed E-state index contributed by atoms with van der Waals surface area (Å²) < 4.78 is 0. The summed E-state index contributed by atoms with van der Waals surface area (Å²) in [5, 5.41) is 5.91. The summed E-state index contributed by atoms with van der Waals surface area (Å²) in [5.74, 6) is -0.192. The van der Waals surface area contributed by atoms with Gasteiger partial charge < -0.3 is 16.4 Å². The van der Waals surface area contributed by atoms with Gasteiger partial charge in [0.05, 0.1) is 5.92 Å². The fraction of sp³-hybridized carbons (Fsp3) is 0.364. The lowest BCUT2D eigenvalue weighted by Gasteiger charge is -2.24. The Hall–Kier alpha value is -2.66. The van der Waals surface area contributed by atoms with Crippen LogP contribution in [0.5, 0.6) is 0 Å². The third-order valence-corrected chi connectivity index (χ3v) is 5.27. The van der Waals surface area contributed by atoms with E-state index >= 15 is 0 Å². The second-order valence-corrected chi connectivity index (χ2v) is 7.26. The van der Waals surface area contributed by atoms with Gasteiger partial charge in [0.15, 0.2) is 0 Å². The van der Waals surface area contributed by atoms with Gasteiger partial charge in [-0.15, -0.1) is 0 Å². The second kappa shape index (κ2) is 8.82. The smallest absolute Gasteiger partial charge is 0.227 e. The van der Waals surface area contributed by atoms with Gasteiger partial charge in [0, 0.05) is 24.2 Å². The average molecular weight is 365 g/mol. The number of rotatable bonds is 7. The number of hydrogen-bond donors (Lipinski definition) is 3. The van der Waals surface area contributed by atoms with Crippen LogP contribution >= 0.6 is 0 Å². The van der Waals surface area contributed by atoms with Gasteiger partial charge in [-0.3, -0.25) is 9.59 Å². The van der Waals surface area contributed by atoms with E-state index in [-0.39, 0.29) is 29.7 Å². The zero-order valence-corrected chi connectivity index (χ0v) is 15.7. The summed E-state index contributed by atoms with van der Waals surface area (Å²) >= 11 is 0. The third-order valence-electron chi connectivity index (χ3n) is 5.27. The molecule has 0 aliphatic heterocycles. The fourth-order valence-electron chi connectivity index (χ4n) is 3.15.